The fourth-order valence-corrected chi connectivity index (χ4v) is 2.21. The molecule has 1 aliphatic rings. The minimum atomic E-state index is -0.360. The lowest BCUT2D eigenvalue weighted by Crippen LogP contribution is -2.19. The van der Waals surface area contributed by atoms with Crippen LogP contribution in [0, 0.1) is 5.82 Å². The second-order valence-electron chi connectivity index (χ2n) is 4.85. The van der Waals surface area contributed by atoms with E-state index >= 15 is 0 Å². The Morgan fingerprint density at radius 1 is 1.37 bits per heavy atom. The van der Waals surface area contributed by atoms with Gasteiger partial charge in [0.15, 0.2) is 0 Å². The van der Waals surface area contributed by atoms with Gasteiger partial charge < -0.3 is 5.32 Å². The van der Waals surface area contributed by atoms with Gasteiger partial charge in [-0.05, 0) is 25.0 Å². The van der Waals surface area contributed by atoms with Crippen molar-refractivity contribution in [2.45, 2.75) is 32.0 Å². The first-order valence-electron chi connectivity index (χ1n) is 6.41. The van der Waals surface area contributed by atoms with Crippen molar-refractivity contribution in [1.82, 2.24) is 15.1 Å². The van der Waals surface area contributed by atoms with Crippen LogP contribution in [0.3, 0.4) is 0 Å². The van der Waals surface area contributed by atoms with Gasteiger partial charge in [0.05, 0.1) is 17.3 Å². The summed E-state index contributed by atoms with van der Waals surface area (Å²) in [5, 5.41) is 7.83. The highest BCUT2D eigenvalue weighted by Gasteiger charge is 2.20. The molecule has 0 atom stereocenters. The molecule has 5 heteroatoms. The highest BCUT2D eigenvalue weighted by Crippen LogP contribution is 2.20. The quantitative estimate of drug-likeness (QED) is 0.912. The van der Waals surface area contributed by atoms with Crippen LogP contribution in [-0.4, -0.2) is 15.8 Å². The first kappa shape index (κ1) is 12.6. The molecule has 0 aliphatic heterocycles. The summed E-state index contributed by atoms with van der Waals surface area (Å²) in [5.74, 6) is -0.360. The van der Waals surface area contributed by atoms with Gasteiger partial charge in [0.1, 0.15) is 5.82 Å². The fourth-order valence-electron chi connectivity index (χ4n) is 2.02. The first-order valence-corrected chi connectivity index (χ1v) is 6.79. The lowest BCUT2D eigenvalue weighted by molar-refractivity contribution is 0.560. The summed E-state index contributed by atoms with van der Waals surface area (Å²) in [6.07, 6.45) is 4.24. The fraction of sp³-hybridized carbons (Fsp3) is 0.357. The maximum atomic E-state index is 13.9. The first-order chi connectivity index (χ1) is 9.24. The smallest absolute Gasteiger partial charge is 0.146 e. The zero-order valence-corrected chi connectivity index (χ0v) is 11.2. The van der Waals surface area contributed by atoms with Crippen molar-refractivity contribution in [2.24, 2.45) is 0 Å². The molecule has 0 saturated heterocycles. The van der Waals surface area contributed by atoms with E-state index in [4.69, 9.17) is 11.6 Å². The van der Waals surface area contributed by atoms with Gasteiger partial charge in [0.2, 0.25) is 0 Å². The Bertz CT molecular complexity index is 578. The number of benzene rings is 1. The zero-order valence-electron chi connectivity index (χ0n) is 10.4. The van der Waals surface area contributed by atoms with Crippen LogP contribution >= 0.6 is 11.6 Å². The average Bonchev–Trinajstić information content (AvgIpc) is 3.13. The molecule has 19 heavy (non-hydrogen) atoms. The van der Waals surface area contributed by atoms with Crippen molar-refractivity contribution >= 4 is 11.6 Å². The van der Waals surface area contributed by atoms with Crippen LogP contribution in [0.4, 0.5) is 4.39 Å². The van der Waals surface area contributed by atoms with Crippen molar-refractivity contribution in [3.05, 3.63) is 52.6 Å². The van der Waals surface area contributed by atoms with E-state index in [9.17, 15) is 4.39 Å². The molecule has 1 aliphatic carbocycles. The molecule has 0 amide bonds. The predicted octanol–water partition coefficient (Wildman–Crippen LogP) is 2.98. The number of nitrogens with zero attached hydrogens (tertiary/aromatic N) is 2. The van der Waals surface area contributed by atoms with Crippen LogP contribution in [0.5, 0.6) is 0 Å². The maximum Gasteiger partial charge on any atom is 0.146 e. The van der Waals surface area contributed by atoms with Gasteiger partial charge >= 0.3 is 0 Å². The molecule has 1 N–H and O–H groups in total. The van der Waals surface area contributed by atoms with Crippen molar-refractivity contribution in [2.75, 3.05) is 0 Å². The summed E-state index contributed by atoms with van der Waals surface area (Å²) in [6.45, 7) is 1.17. The predicted molar refractivity (Wildman–Crippen MR) is 72.6 cm³/mol. The van der Waals surface area contributed by atoms with Crippen LogP contribution in [0.15, 0.2) is 30.5 Å². The van der Waals surface area contributed by atoms with Crippen molar-refractivity contribution in [3.8, 4) is 0 Å². The number of rotatable bonds is 5. The van der Waals surface area contributed by atoms with E-state index in [1.54, 1.807) is 24.4 Å². The molecular weight excluding hydrogens is 265 g/mol. The molecule has 0 spiro atoms. The normalized spacial score (nSPS) is 14.8. The Kier molecular flexibility index (Phi) is 3.53. The molecule has 0 radical (unpaired) electrons. The Balaban J connectivity index is 1.75. The monoisotopic (exact) mass is 279 g/mol. The third kappa shape index (κ3) is 2.96. The van der Waals surface area contributed by atoms with Gasteiger partial charge in [-0.25, -0.2) is 4.39 Å². The molecule has 100 valence electrons. The second kappa shape index (κ2) is 5.31. The van der Waals surface area contributed by atoms with Crippen LogP contribution < -0.4 is 5.32 Å². The van der Waals surface area contributed by atoms with Crippen molar-refractivity contribution < 1.29 is 4.39 Å². The summed E-state index contributed by atoms with van der Waals surface area (Å²) in [6, 6.07) is 7.65. The minimum Gasteiger partial charge on any atom is -0.308 e. The average molecular weight is 280 g/mol. The largest absolute Gasteiger partial charge is 0.308 e. The van der Waals surface area contributed by atoms with Crippen molar-refractivity contribution in [1.29, 1.82) is 0 Å². The van der Waals surface area contributed by atoms with E-state index in [0.717, 1.165) is 12.2 Å². The Morgan fingerprint density at radius 2 is 2.21 bits per heavy atom. The summed E-state index contributed by atoms with van der Waals surface area (Å²) >= 11 is 5.79. The van der Waals surface area contributed by atoms with Gasteiger partial charge in [-0.1, -0.05) is 23.7 Å². The molecule has 1 saturated carbocycles. The highest BCUT2D eigenvalue weighted by molar-refractivity contribution is 6.30. The number of aromatic nitrogens is 2. The molecular formula is C14H15ClFN3. The molecule has 2 aromatic rings. The van der Waals surface area contributed by atoms with E-state index in [1.807, 2.05) is 10.7 Å². The Labute approximate surface area is 116 Å². The zero-order chi connectivity index (χ0) is 13.2. The minimum absolute atomic E-state index is 0.155. The molecule has 3 rings (SSSR count). The Morgan fingerprint density at radius 3 is 3.00 bits per heavy atom. The van der Waals surface area contributed by atoms with Crippen LogP contribution in [-0.2, 0) is 13.1 Å². The summed E-state index contributed by atoms with van der Waals surface area (Å²) < 4.78 is 15.7. The lowest BCUT2D eigenvalue weighted by Gasteiger charge is -2.09. The van der Waals surface area contributed by atoms with Crippen LogP contribution in [0.25, 0.3) is 0 Å². The highest BCUT2D eigenvalue weighted by atomic mass is 35.5. The summed E-state index contributed by atoms with van der Waals surface area (Å²) in [4.78, 5) is 0. The third-order valence-corrected chi connectivity index (χ3v) is 3.60. The second-order valence-corrected chi connectivity index (χ2v) is 5.26. The molecule has 0 bridgehead atoms. The summed E-state index contributed by atoms with van der Waals surface area (Å²) in [5.41, 5.74) is 1.62. The number of hydrogen-bond donors (Lipinski definition) is 1. The third-order valence-electron chi connectivity index (χ3n) is 3.31. The standard InChI is InChI=1S/C14H15ClFN3/c15-13-3-1-2-10(14(13)16)9-19-12(6-7-18-19)8-17-11-4-5-11/h1-3,6-7,11,17H,4-5,8-9H2. The molecule has 1 aromatic carbocycles. The van der Waals surface area contributed by atoms with Gasteiger partial charge in [0, 0.05) is 24.3 Å². The summed E-state index contributed by atoms with van der Waals surface area (Å²) in [7, 11) is 0. The maximum absolute atomic E-state index is 13.9. The molecule has 1 fully saturated rings. The lowest BCUT2D eigenvalue weighted by atomic mass is 10.2. The van der Waals surface area contributed by atoms with E-state index in [2.05, 4.69) is 10.4 Å². The SMILES string of the molecule is Fc1c(Cl)cccc1Cn1nccc1CNC1CC1. The van der Waals surface area contributed by atoms with Gasteiger partial charge in [0.25, 0.3) is 0 Å². The molecule has 3 nitrogen and oxygen atoms in total. The number of nitrogens with one attached hydrogen (secondary N) is 1. The van der Waals surface area contributed by atoms with Crippen LogP contribution in [0.1, 0.15) is 24.1 Å². The molecule has 0 unspecified atom stereocenters. The van der Waals surface area contributed by atoms with E-state index in [1.165, 1.54) is 12.8 Å². The van der Waals surface area contributed by atoms with E-state index < -0.39 is 0 Å². The number of hydrogen-bond acceptors (Lipinski definition) is 2. The van der Waals surface area contributed by atoms with Gasteiger partial charge in [-0.2, -0.15) is 5.10 Å². The van der Waals surface area contributed by atoms with Gasteiger partial charge in [-0.3, -0.25) is 4.68 Å². The van der Waals surface area contributed by atoms with E-state index in [-0.39, 0.29) is 10.8 Å². The molecule has 1 heterocycles. The van der Waals surface area contributed by atoms with E-state index in [0.29, 0.717) is 18.2 Å². The Hall–Kier alpha value is -1.39. The number of halogens is 2. The van der Waals surface area contributed by atoms with Crippen LogP contribution in [0.2, 0.25) is 5.02 Å². The van der Waals surface area contributed by atoms with Gasteiger partial charge in [-0.15, -0.1) is 0 Å². The molecule has 1 aromatic heterocycles. The van der Waals surface area contributed by atoms with Crippen molar-refractivity contribution in [3.63, 3.8) is 0 Å². The topological polar surface area (TPSA) is 29.9 Å².